The van der Waals surface area contributed by atoms with Crippen LogP contribution in [0.5, 0.6) is 0 Å². The maximum Gasteiger partial charge on any atom is 0.342 e. The van der Waals surface area contributed by atoms with E-state index in [9.17, 15) is 19.5 Å². The van der Waals surface area contributed by atoms with Gasteiger partial charge in [0.2, 0.25) is 5.54 Å². The minimum absolute atomic E-state index is 0.249. The van der Waals surface area contributed by atoms with E-state index in [0.717, 1.165) is 23.8 Å². The van der Waals surface area contributed by atoms with Gasteiger partial charge in [0, 0.05) is 0 Å². The Labute approximate surface area is 155 Å². The number of carbonyl (C=O) groups excluding carboxylic acids is 2. The number of rotatable bonds is 6. The first kappa shape index (κ1) is 18.6. The molecule has 1 aliphatic carbocycles. The molecule has 140 valence electrons. The number of fused-ring (bicyclic) bond motifs is 3. The molecule has 2 N–H and O–H groups in total. The van der Waals surface area contributed by atoms with Gasteiger partial charge in [-0.25, -0.2) is 9.59 Å². The average molecular weight is 369 g/mol. The lowest BCUT2D eigenvalue weighted by atomic mass is 9.84. The molecule has 2 aromatic carbocycles. The molecule has 0 amide bonds. The quantitative estimate of drug-likeness (QED) is 0.501. The highest BCUT2D eigenvalue weighted by molar-refractivity contribution is 6.06. The van der Waals surface area contributed by atoms with Crippen LogP contribution in [-0.4, -0.2) is 43.8 Å². The molecule has 1 aliphatic rings. The van der Waals surface area contributed by atoms with Crippen LogP contribution in [-0.2, 0) is 35.8 Å². The number of carbonyl (C=O) groups is 3. The molecular weight excluding hydrogens is 350 g/mol. The molecule has 1 atom stereocenters. The zero-order valence-corrected chi connectivity index (χ0v) is 14.9. The fourth-order valence-corrected chi connectivity index (χ4v) is 3.49. The molecule has 0 aliphatic heterocycles. The van der Waals surface area contributed by atoms with Crippen LogP contribution in [0.4, 0.5) is 0 Å². The van der Waals surface area contributed by atoms with E-state index in [1.807, 2.05) is 30.3 Å². The molecule has 7 nitrogen and oxygen atoms in total. The highest BCUT2D eigenvalue weighted by Crippen LogP contribution is 2.41. The minimum Gasteiger partial charge on any atom is -0.479 e. The summed E-state index contributed by atoms with van der Waals surface area (Å²) in [6.45, 7) is -0.464. The van der Waals surface area contributed by atoms with Crippen molar-refractivity contribution in [3.8, 4) is 11.1 Å². The lowest BCUT2D eigenvalue weighted by Gasteiger charge is -2.29. The van der Waals surface area contributed by atoms with Crippen molar-refractivity contribution >= 4 is 17.9 Å². The number of carboxylic acid groups (broad SMARTS) is 1. The summed E-state index contributed by atoms with van der Waals surface area (Å²) in [7, 11) is 2.29. The van der Waals surface area contributed by atoms with Gasteiger partial charge in [-0.15, -0.1) is 0 Å². The maximum atomic E-state index is 12.6. The zero-order chi connectivity index (χ0) is 19.6. The lowest BCUT2D eigenvalue weighted by Crippen LogP contribution is -2.57. The first-order valence-electron chi connectivity index (χ1n) is 8.30. The molecule has 1 unspecified atom stereocenters. The molecule has 27 heavy (non-hydrogen) atoms. The fraction of sp³-hybridized carbons (Fsp3) is 0.250. The molecular formula is C20H19NO6. The molecule has 3 rings (SSSR count). The molecule has 7 heteroatoms. The minimum atomic E-state index is -2.23. The van der Waals surface area contributed by atoms with Crippen LogP contribution in [0.3, 0.4) is 0 Å². The Morgan fingerprint density at radius 2 is 1.74 bits per heavy atom. The number of carboxylic acids is 1. The molecule has 0 saturated carbocycles. The van der Waals surface area contributed by atoms with Crippen molar-refractivity contribution in [1.29, 1.82) is 0 Å². The number of aliphatic carboxylic acids is 1. The number of hydrogen-bond donors (Lipinski definition) is 2. The summed E-state index contributed by atoms with van der Waals surface area (Å²) < 4.78 is 9.37. The number of benzene rings is 2. The summed E-state index contributed by atoms with van der Waals surface area (Å²) in [6, 6.07) is 12.9. The topological polar surface area (TPSA) is 102 Å². The van der Waals surface area contributed by atoms with Crippen molar-refractivity contribution in [2.24, 2.45) is 0 Å². The van der Waals surface area contributed by atoms with E-state index in [1.54, 1.807) is 12.1 Å². The van der Waals surface area contributed by atoms with Gasteiger partial charge in [0.25, 0.3) is 0 Å². The zero-order valence-electron chi connectivity index (χ0n) is 14.9. The van der Waals surface area contributed by atoms with E-state index >= 15 is 0 Å². The molecule has 0 bridgehead atoms. The van der Waals surface area contributed by atoms with E-state index < -0.39 is 30.0 Å². The average Bonchev–Trinajstić information content (AvgIpc) is 3.06. The number of nitrogens with one attached hydrogen (secondary N) is 1. The Balaban J connectivity index is 2.18. The summed E-state index contributed by atoms with van der Waals surface area (Å²) >= 11 is 0. The normalized spacial score (nSPS) is 13.9. The van der Waals surface area contributed by atoms with Crippen molar-refractivity contribution in [2.45, 2.75) is 12.0 Å². The van der Waals surface area contributed by atoms with Crippen LogP contribution in [0.25, 0.3) is 11.1 Å². The van der Waals surface area contributed by atoms with Crippen LogP contribution < -0.4 is 5.32 Å². The van der Waals surface area contributed by atoms with Crippen LogP contribution in [0, 0.1) is 0 Å². The Morgan fingerprint density at radius 1 is 1.04 bits per heavy atom. The summed E-state index contributed by atoms with van der Waals surface area (Å²) in [5.41, 5.74) is 1.63. The molecule has 0 fully saturated rings. The van der Waals surface area contributed by atoms with E-state index in [0.29, 0.717) is 12.0 Å². The summed E-state index contributed by atoms with van der Waals surface area (Å²) in [6.07, 6.45) is 0.480. The molecule has 0 radical (unpaired) electrons. The standard InChI is InChI=1S/C20H19NO6/c1-26-17(22)11-21-20(18(23)24,19(25)27-2)16-9-5-8-14-13-7-4-3-6-12(13)10-15(14)16/h3-9,21H,10-11H2,1-2H3,(H,23,24). The third kappa shape index (κ3) is 2.96. The van der Waals surface area contributed by atoms with Gasteiger partial charge in [-0.2, -0.15) is 0 Å². The van der Waals surface area contributed by atoms with Gasteiger partial charge in [-0.3, -0.25) is 10.1 Å². The Hall–Kier alpha value is -3.19. The van der Waals surface area contributed by atoms with Gasteiger partial charge in [0.05, 0.1) is 20.8 Å². The predicted octanol–water partition coefficient (Wildman–Crippen LogP) is 1.47. The van der Waals surface area contributed by atoms with Gasteiger partial charge in [-0.1, -0.05) is 42.5 Å². The Kier molecular flexibility index (Phi) is 4.96. The summed E-state index contributed by atoms with van der Waals surface area (Å²) in [5.74, 6) is -3.16. The van der Waals surface area contributed by atoms with Crippen LogP contribution in [0.2, 0.25) is 0 Å². The highest BCUT2D eigenvalue weighted by Gasteiger charge is 2.51. The van der Waals surface area contributed by atoms with E-state index in [2.05, 4.69) is 10.1 Å². The van der Waals surface area contributed by atoms with Crippen molar-refractivity contribution < 1.29 is 29.0 Å². The van der Waals surface area contributed by atoms with E-state index in [1.165, 1.54) is 7.11 Å². The largest absolute Gasteiger partial charge is 0.479 e. The van der Waals surface area contributed by atoms with Crippen LogP contribution in [0.1, 0.15) is 16.7 Å². The molecule has 0 saturated heterocycles. The van der Waals surface area contributed by atoms with Crippen molar-refractivity contribution in [2.75, 3.05) is 20.8 Å². The number of methoxy groups -OCH3 is 2. The van der Waals surface area contributed by atoms with Gasteiger partial charge < -0.3 is 14.6 Å². The van der Waals surface area contributed by atoms with Crippen molar-refractivity contribution in [1.82, 2.24) is 5.32 Å². The third-order valence-electron chi connectivity index (χ3n) is 4.79. The molecule has 0 aromatic heterocycles. The molecule has 0 spiro atoms. The number of esters is 2. The second kappa shape index (κ2) is 7.20. The van der Waals surface area contributed by atoms with Crippen LogP contribution >= 0.6 is 0 Å². The number of hydrogen-bond acceptors (Lipinski definition) is 6. The third-order valence-corrected chi connectivity index (χ3v) is 4.79. The van der Waals surface area contributed by atoms with Gasteiger partial charge in [-0.05, 0) is 34.2 Å². The smallest absolute Gasteiger partial charge is 0.342 e. The summed E-state index contributed by atoms with van der Waals surface area (Å²) in [5, 5.41) is 12.6. The highest BCUT2D eigenvalue weighted by atomic mass is 16.5. The first-order valence-corrected chi connectivity index (χ1v) is 8.30. The fourth-order valence-electron chi connectivity index (χ4n) is 3.49. The Morgan fingerprint density at radius 3 is 2.41 bits per heavy atom. The van der Waals surface area contributed by atoms with Crippen LogP contribution in [0.15, 0.2) is 42.5 Å². The second-order valence-corrected chi connectivity index (χ2v) is 6.14. The number of ether oxygens (including phenoxy) is 2. The van der Waals surface area contributed by atoms with Crippen molar-refractivity contribution in [3.05, 3.63) is 59.2 Å². The van der Waals surface area contributed by atoms with Gasteiger partial charge in [0.1, 0.15) is 0 Å². The SMILES string of the molecule is COC(=O)CNC(C(=O)O)(C(=O)OC)c1cccc2c1Cc1ccccc1-2. The Bertz CT molecular complexity index is 922. The molecule has 2 aromatic rings. The lowest BCUT2D eigenvalue weighted by molar-refractivity contribution is -0.162. The monoisotopic (exact) mass is 369 g/mol. The maximum absolute atomic E-state index is 12.6. The van der Waals surface area contributed by atoms with Crippen molar-refractivity contribution in [3.63, 3.8) is 0 Å². The predicted molar refractivity (Wildman–Crippen MR) is 96.0 cm³/mol. The second-order valence-electron chi connectivity index (χ2n) is 6.14. The molecule has 0 heterocycles. The first-order chi connectivity index (χ1) is 13.0. The summed E-state index contributed by atoms with van der Waals surface area (Å²) in [4.78, 5) is 36.5. The van der Waals surface area contributed by atoms with E-state index in [-0.39, 0.29) is 5.56 Å². The van der Waals surface area contributed by atoms with E-state index in [4.69, 9.17) is 4.74 Å². The van der Waals surface area contributed by atoms with Gasteiger partial charge in [0.15, 0.2) is 0 Å². The van der Waals surface area contributed by atoms with Gasteiger partial charge >= 0.3 is 17.9 Å².